The van der Waals surface area contributed by atoms with Gasteiger partial charge in [0.05, 0.1) is 5.56 Å². The maximum absolute atomic E-state index is 14.9. The molecule has 0 saturated heterocycles. The molecule has 166 valence electrons. The van der Waals surface area contributed by atoms with Gasteiger partial charge in [-0.05, 0) is 60.0 Å². The van der Waals surface area contributed by atoms with Crippen LogP contribution in [0.5, 0.6) is 5.75 Å². The van der Waals surface area contributed by atoms with Gasteiger partial charge in [-0.25, -0.2) is 23.5 Å². The number of halogens is 3. The fourth-order valence-corrected chi connectivity index (χ4v) is 3.45. The fourth-order valence-electron chi connectivity index (χ4n) is 3.32. The molecule has 3 aromatic carbocycles. The van der Waals surface area contributed by atoms with Gasteiger partial charge in [-0.1, -0.05) is 43.1 Å². The summed E-state index contributed by atoms with van der Waals surface area (Å²) in [6, 6.07) is 14.5. The molecule has 1 heterocycles. The summed E-state index contributed by atoms with van der Waals surface area (Å²) in [5.74, 6) is -1.58. The summed E-state index contributed by atoms with van der Waals surface area (Å²) in [4.78, 5) is 20.9. The van der Waals surface area contributed by atoms with Crippen molar-refractivity contribution in [3.8, 4) is 28.3 Å². The highest BCUT2D eigenvalue weighted by atomic mass is 35.5. The average molecular weight is 465 g/mol. The van der Waals surface area contributed by atoms with Crippen LogP contribution < -0.4 is 4.74 Å². The van der Waals surface area contributed by atoms with E-state index in [0.717, 1.165) is 24.5 Å². The molecule has 0 aliphatic carbocycles. The van der Waals surface area contributed by atoms with Crippen molar-refractivity contribution in [2.75, 3.05) is 0 Å². The highest BCUT2D eigenvalue weighted by Gasteiger charge is 2.17. The van der Waals surface area contributed by atoms with Crippen molar-refractivity contribution in [1.82, 2.24) is 9.97 Å². The van der Waals surface area contributed by atoms with Crippen LogP contribution in [0, 0.1) is 11.6 Å². The summed E-state index contributed by atoms with van der Waals surface area (Å²) in [6.45, 7) is 2.07. The van der Waals surface area contributed by atoms with E-state index in [1.54, 1.807) is 30.6 Å². The number of carbonyl (C=O) groups is 1. The maximum Gasteiger partial charge on any atom is 0.346 e. The van der Waals surface area contributed by atoms with Crippen LogP contribution in [0.1, 0.15) is 29.3 Å². The number of benzene rings is 3. The largest absolute Gasteiger partial charge is 0.423 e. The Morgan fingerprint density at radius 3 is 2.21 bits per heavy atom. The molecule has 0 N–H and O–H groups in total. The van der Waals surface area contributed by atoms with E-state index in [9.17, 15) is 13.6 Å². The molecule has 0 aliphatic heterocycles. The Balaban J connectivity index is 1.54. The Morgan fingerprint density at radius 2 is 1.58 bits per heavy atom. The number of hydrogen-bond acceptors (Lipinski definition) is 4. The van der Waals surface area contributed by atoms with E-state index in [0.29, 0.717) is 22.0 Å². The number of rotatable bonds is 6. The first-order valence-corrected chi connectivity index (χ1v) is 10.7. The number of ether oxygens (including phenoxy) is 1. The second-order valence-corrected chi connectivity index (χ2v) is 7.83. The first kappa shape index (κ1) is 22.6. The van der Waals surface area contributed by atoms with Crippen molar-refractivity contribution in [1.29, 1.82) is 0 Å². The number of carbonyl (C=O) groups excluding carboxylic acids is 1. The zero-order valence-corrected chi connectivity index (χ0v) is 18.4. The molecule has 0 bridgehead atoms. The standard InChI is InChI=1S/C26H19ClF2N2O2/c1-2-3-16-14-30-25(31-15-16)18-5-10-21(23(28)13-18)17-4-11-22(24(29)12-17)26(32)33-20-8-6-19(27)7-9-20/h4-15H,2-3H2,1H3. The number of aromatic nitrogens is 2. The summed E-state index contributed by atoms with van der Waals surface area (Å²) in [5, 5.41) is 0.485. The summed E-state index contributed by atoms with van der Waals surface area (Å²) >= 11 is 5.80. The molecule has 0 radical (unpaired) electrons. The molecule has 0 unspecified atom stereocenters. The summed E-state index contributed by atoms with van der Waals surface area (Å²) in [5.41, 5.74) is 1.76. The van der Waals surface area contributed by atoms with Gasteiger partial charge in [0.2, 0.25) is 0 Å². The first-order valence-electron chi connectivity index (χ1n) is 10.3. The molecule has 0 aliphatic rings. The lowest BCUT2D eigenvalue weighted by atomic mass is 10.0. The number of nitrogens with zero attached hydrogens (tertiary/aromatic N) is 2. The summed E-state index contributed by atoms with van der Waals surface area (Å²) < 4.78 is 34.7. The summed E-state index contributed by atoms with van der Waals surface area (Å²) in [7, 11) is 0. The quantitative estimate of drug-likeness (QED) is 0.230. The Morgan fingerprint density at radius 1 is 0.909 bits per heavy atom. The van der Waals surface area contributed by atoms with Crippen LogP contribution >= 0.6 is 11.6 Å². The molecule has 0 spiro atoms. The lowest BCUT2D eigenvalue weighted by Gasteiger charge is -2.09. The second kappa shape index (κ2) is 9.88. The molecule has 7 heteroatoms. The molecule has 0 atom stereocenters. The van der Waals surface area contributed by atoms with Crippen LogP contribution in [0.15, 0.2) is 73.1 Å². The van der Waals surface area contributed by atoms with Crippen LogP contribution in [0.25, 0.3) is 22.5 Å². The van der Waals surface area contributed by atoms with Crippen molar-refractivity contribution in [2.24, 2.45) is 0 Å². The van der Waals surface area contributed by atoms with Gasteiger partial charge < -0.3 is 4.74 Å². The Kier molecular flexibility index (Phi) is 6.75. The fraction of sp³-hybridized carbons (Fsp3) is 0.115. The molecule has 0 amide bonds. The van der Waals surface area contributed by atoms with Gasteiger partial charge in [0.1, 0.15) is 17.4 Å². The molecule has 4 rings (SSSR count). The molecule has 1 aromatic heterocycles. The molecule has 4 nitrogen and oxygen atoms in total. The lowest BCUT2D eigenvalue weighted by molar-refractivity contribution is 0.0730. The average Bonchev–Trinajstić information content (AvgIpc) is 2.81. The van der Waals surface area contributed by atoms with Gasteiger partial charge in [-0.3, -0.25) is 0 Å². The van der Waals surface area contributed by atoms with Gasteiger partial charge in [-0.2, -0.15) is 0 Å². The minimum Gasteiger partial charge on any atom is -0.423 e. The van der Waals surface area contributed by atoms with Gasteiger partial charge in [-0.15, -0.1) is 0 Å². The highest BCUT2D eigenvalue weighted by molar-refractivity contribution is 6.30. The van der Waals surface area contributed by atoms with Crippen molar-refractivity contribution in [2.45, 2.75) is 19.8 Å². The Hall–Kier alpha value is -3.64. The van der Waals surface area contributed by atoms with Gasteiger partial charge >= 0.3 is 5.97 Å². The van der Waals surface area contributed by atoms with E-state index in [1.807, 2.05) is 0 Å². The highest BCUT2D eigenvalue weighted by Crippen LogP contribution is 2.28. The van der Waals surface area contributed by atoms with Crippen LogP contribution in [-0.4, -0.2) is 15.9 Å². The van der Waals surface area contributed by atoms with E-state index in [4.69, 9.17) is 16.3 Å². The predicted molar refractivity (Wildman–Crippen MR) is 123 cm³/mol. The van der Waals surface area contributed by atoms with Crippen molar-refractivity contribution < 1.29 is 18.3 Å². The Bertz CT molecular complexity index is 1290. The number of aryl methyl sites for hydroxylation is 1. The molecule has 4 aromatic rings. The van der Waals surface area contributed by atoms with Crippen LogP contribution in [0.3, 0.4) is 0 Å². The molecule has 0 saturated carbocycles. The second-order valence-electron chi connectivity index (χ2n) is 7.40. The first-order chi connectivity index (χ1) is 15.9. The predicted octanol–water partition coefficient (Wildman–Crippen LogP) is 6.91. The van der Waals surface area contributed by atoms with Crippen LogP contribution in [0.4, 0.5) is 8.78 Å². The summed E-state index contributed by atoms with van der Waals surface area (Å²) in [6.07, 6.45) is 5.33. The van der Waals surface area contributed by atoms with Crippen molar-refractivity contribution >= 4 is 17.6 Å². The normalized spacial score (nSPS) is 10.8. The van der Waals surface area contributed by atoms with Gasteiger partial charge in [0.15, 0.2) is 5.82 Å². The van der Waals surface area contributed by atoms with E-state index < -0.39 is 17.6 Å². The third-order valence-electron chi connectivity index (χ3n) is 5.00. The molecular weight excluding hydrogens is 446 g/mol. The van der Waals surface area contributed by atoms with E-state index in [-0.39, 0.29) is 16.9 Å². The minimum atomic E-state index is -0.860. The van der Waals surface area contributed by atoms with Crippen molar-refractivity contribution in [3.63, 3.8) is 0 Å². The maximum atomic E-state index is 14.9. The van der Waals surface area contributed by atoms with Crippen LogP contribution in [0.2, 0.25) is 5.02 Å². The monoisotopic (exact) mass is 464 g/mol. The minimum absolute atomic E-state index is 0.192. The smallest absolute Gasteiger partial charge is 0.346 e. The van der Waals surface area contributed by atoms with E-state index in [2.05, 4.69) is 16.9 Å². The zero-order valence-electron chi connectivity index (χ0n) is 17.7. The van der Waals surface area contributed by atoms with Gasteiger partial charge in [0.25, 0.3) is 0 Å². The Labute approximate surface area is 194 Å². The van der Waals surface area contributed by atoms with E-state index >= 15 is 0 Å². The SMILES string of the molecule is CCCc1cnc(-c2ccc(-c3ccc(C(=O)Oc4ccc(Cl)cc4)c(F)c3)c(F)c2)nc1. The number of esters is 1. The van der Waals surface area contributed by atoms with Crippen LogP contribution in [-0.2, 0) is 6.42 Å². The topological polar surface area (TPSA) is 52.1 Å². The zero-order chi connectivity index (χ0) is 23.4. The van der Waals surface area contributed by atoms with Crippen molar-refractivity contribution in [3.05, 3.63) is 101 Å². The van der Waals surface area contributed by atoms with E-state index in [1.165, 1.54) is 36.4 Å². The van der Waals surface area contributed by atoms with Gasteiger partial charge in [0, 0.05) is 28.5 Å². The molecule has 0 fully saturated rings. The third kappa shape index (κ3) is 5.23. The molecule has 33 heavy (non-hydrogen) atoms. The third-order valence-corrected chi connectivity index (χ3v) is 5.25. The lowest BCUT2D eigenvalue weighted by Crippen LogP contribution is -2.10. The number of hydrogen-bond donors (Lipinski definition) is 0. The molecular formula is C26H19ClF2N2O2.